The molecule has 0 saturated carbocycles. The van der Waals surface area contributed by atoms with Crippen molar-refractivity contribution in [3.05, 3.63) is 33.8 Å². The van der Waals surface area contributed by atoms with Crippen LogP contribution in [-0.4, -0.2) is 47.7 Å². The van der Waals surface area contributed by atoms with E-state index in [-0.39, 0.29) is 6.09 Å². The van der Waals surface area contributed by atoms with Crippen LogP contribution in [0.3, 0.4) is 0 Å². The third-order valence-corrected chi connectivity index (χ3v) is 3.79. The summed E-state index contributed by atoms with van der Waals surface area (Å²) in [5, 5.41) is 1.30. The second kappa shape index (κ2) is 7.07. The van der Waals surface area contributed by atoms with Crippen LogP contribution in [0.4, 0.5) is 4.79 Å². The summed E-state index contributed by atoms with van der Waals surface area (Å²) < 4.78 is 5.40. The Labute approximate surface area is 141 Å². The molecule has 1 aliphatic rings. The summed E-state index contributed by atoms with van der Waals surface area (Å²) in [5.41, 5.74) is 0.634. The van der Waals surface area contributed by atoms with Crippen LogP contribution in [0.25, 0.3) is 0 Å². The molecule has 0 unspecified atom stereocenters. The molecular weight excluding hydrogens is 323 g/mol. The molecule has 0 spiro atoms. The number of ether oxygens (including phenoxy) is 1. The lowest BCUT2D eigenvalue weighted by molar-refractivity contribution is 0.0139. The van der Waals surface area contributed by atoms with Gasteiger partial charge < -0.3 is 9.64 Å². The van der Waals surface area contributed by atoms with E-state index in [0.29, 0.717) is 23.1 Å². The van der Waals surface area contributed by atoms with Gasteiger partial charge in [-0.1, -0.05) is 23.2 Å². The van der Waals surface area contributed by atoms with Gasteiger partial charge in [-0.15, -0.1) is 0 Å². The predicted octanol–water partition coefficient (Wildman–Crippen LogP) is 4.05. The molecule has 1 aliphatic heterocycles. The van der Waals surface area contributed by atoms with Crippen LogP contribution in [0.2, 0.25) is 10.0 Å². The zero-order chi connectivity index (χ0) is 16.3. The lowest BCUT2D eigenvalue weighted by Crippen LogP contribution is -2.49. The highest BCUT2D eigenvalue weighted by Gasteiger charge is 2.25. The maximum absolute atomic E-state index is 12.0. The van der Waals surface area contributed by atoms with Crippen molar-refractivity contribution in [1.82, 2.24) is 9.80 Å². The molecule has 1 aromatic rings. The van der Waals surface area contributed by atoms with Crippen LogP contribution < -0.4 is 0 Å². The van der Waals surface area contributed by atoms with Crippen molar-refractivity contribution in [2.24, 2.45) is 0 Å². The average molecular weight is 345 g/mol. The van der Waals surface area contributed by atoms with E-state index in [9.17, 15) is 4.79 Å². The molecule has 0 atom stereocenters. The summed E-state index contributed by atoms with van der Waals surface area (Å²) in [4.78, 5) is 16.1. The molecule has 122 valence electrons. The SMILES string of the molecule is CC(C)(C)OC(=O)N1CCN(Cc2cc(Cl)cc(Cl)c2)CC1. The Hall–Kier alpha value is -0.970. The van der Waals surface area contributed by atoms with Crippen LogP contribution in [0.15, 0.2) is 18.2 Å². The van der Waals surface area contributed by atoms with Crippen molar-refractivity contribution in [2.75, 3.05) is 26.2 Å². The number of hydrogen-bond donors (Lipinski definition) is 0. The minimum absolute atomic E-state index is 0.238. The van der Waals surface area contributed by atoms with E-state index >= 15 is 0 Å². The average Bonchev–Trinajstić information content (AvgIpc) is 2.36. The first-order valence-electron chi connectivity index (χ1n) is 7.38. The molecule has 1 saturated heterocycles. The molecule has 0 N–H and O–H groups in total. The summed E-state index contributed by atoms with van der Waals surface area (Å²) in [6.07, 6.45) is -0.238. The number of amides is 1. The highest BCUT2D eigenvalue weighted by Crippen LogP contribution is 2.21. The molecule has 2 rings (SSSR count). The Morgan fingerprint density at radius 2 is 1.64 bits per heavy atom. The number of benzene rings is 1. The number of rotatable bonds is 2. The van der Waals surface area contributed by atoms with Crippen LogP contribution in [0, 0.1) is 0 Å². The van der Waals surface area contributed by atoms with Gasteiger partial charge >= 0.3 is 6.09 Å². The smallest absolute Gasteiger partial charge is 0.410 e. The predicted molar refractivity (Wildman–Crippen MR) is 89.5 cm³/mol. The standard InChI is InChI=1S/C16H22Cl2N2O2/c1-16(2,3)22-15(21)20-6-4-19(5-7-20)11-12-8-13(17)10-14(18)9-12/h8-10H,4-7,11H2,1-3H3. The van der Waals surface area contributed by atoms with Gasteiger partial charge in [0.25, 0.3) is 0 Å². The molecule has 0 radical (unpaired) electrons. The Morgan fingerprint density at radius 3 is 2.14 bits per heavy atom. The molecule has 22 heavy (non-hydrogen) atoms. The molecule has 1 aromatic carbocycles. The van der Waals surface area contributed by atoms with E-state index < -0.39 is 5.60 Å². The van der Waals surface area contributed by atoms with E-state index in [4.69, 9.17) is 27.9 Å². The van der Waals surface area contributed by atoms with Crippen molar-refractivity contribution in [3.63, 3.8) is 0 Å². The fourth-order valence-corrected chi connectivity index (χ4v) is 2.95. The second-order valence-corrected chi connectivity index (χ2v) is 7.39. The highest BCUT2D eigenvalue weighted by atomic mass is 35.5. The van der Waals surface area contributed by atoms with Gasteiger partial charge in [-0.25, -0.2) is 4.79 Å². The van der Waals surface area contributed by atoms with Crippen molar-refractivity contribution >= 4 is 29.3 Å². The Morgan fingerprint density at radius 1 is 1.09 bits per heavy atom. The Bertz CT molecular complexity index is 515. The summed E-state index contributed by atoms with van der Waals surface area (Å²) in [5.74, 6) is 0. The van der Waals surface area contributed by atoms with Gasteiger partial charge in [-0.05, 0) is 44.5 Å². The van der Waals surface area contributed by atoms with Crippen LogP contribution in [0.1, 0.15) is 26.3 Å². The number of carbonyl (C=O) groups excluding carboxylic acids is 1. The second-order valence-electron chi connectivity index (χ2n) is 6.52. The zero-order valence-electron chi connectivity index (χ0n) is 13.2. The number of carbonyl (C=O) groups is 1. The summed E-state index contributed by atoms with van der Waals surface area (Å²) in [7, 11) is 0. The molecule has 0 bridgehead atoms. The van der Waals surface area contributed by atoms with Gasteiger partial charge in [0.15, 0.2) is 0 Å². The first-order valence-corrected chi connectivity index (χ1v) is 8.14. The minimum Gasteiger partial charge on any atom is -0.444 e. The molecule has 0 aliphatic carbocycles. The van der Waals surface area contributed by atoms with Crippen molar-refractivity contribution in [1.29, 1.82) is 0 Å². The molecule has 1 amide bonds. The van der Waals surface area contributed by atoms with E-state index in [0.717, 1.165) is 25.2 Å². The van der Waals surface area contributed by atoms with Gasteiger partial charge in [0.1, 0.15) is 5.60 Å². The number of nitrogens with zero attached hydrogens (tertiary/aromatic N) is 2. The van der Waals surface area contributed by atoms with Gasteiger partial charge in [-0.2, -0.15) is 0 Å². The maximum Gasteiger partial charge on any atom is 0.410 e. The maximum atomic E-state index is 12.0. The fourth-order valence-electron chi connectivity index (χ4n) is 2.38. The molecule has 1 fully saturated rings. The summed E-state index contributed by atoms with van der Waals surface area (Å²) in [6.45, 7) is 9.37. The topological polar surface area (TPSA) is 32.8 Å². The normalized spacial score (nSPS) is 16.7. The van der Waals surface area contributed by atoms with E-state index in [1.807, 2.05) is 32.9 Å². The third-order valence-electron chi connectivity index (χ3n) is 3.35. The van der Waals surface area contributed by atoms with Gasteiger partial charge in [0.2, 0.25) is 0 Å². The zero-order valence-corrected chi connectivity index (χ0v) is 14.7. The lowest BCUT2D eigenvalue weighted by atomic mass is 10.2. The van der Waals surface area contributed by atoms with E-state index in [2.05, 4.69) is 4.90 Å². The van der Waals surface area contributed by atoms with Crippen molar-refractivity contribution in [3.8, 4) is 0 Å². The molecule has 1 heterocycles. The van der Waals surface area contributed by atoms with Crippen LogP contribution in [0.5, 0.6) is 0 Å². The summed E-state index contributed by atoms with van der Waals surface area (Å²) >= 11 is 12.0. The quantitative estimate of drug-likeness (QED) is 0.811. The molecular formula is C16H22Cl2N2O2. The van der Waals surface area contributed by atoms with E-state index in [1.165, 1.54) is 0 Å². The van der Waals surface area contributed by atoms with Gasteiger partial charge in [-0.3, -0.25) is 4.90 Å². The number of halogens is 2. The van der Waals surface area contributed by atoms with E-state index in [1.54, 1.807) is 11.0 Å². The van der Waals surface area contributed by atoms with Gasteiger partial charge in [0, 0.05) is 42.8 Å². The lowest BCUT2D eigenvalue weighted by Gasteiger charge is -2.35. The largest absolute Gasteiger partial charge is 0.444 e. The fraction of sp³-hybridized carbons (Fsp3) is 0.562. The first-order chi connectivity index (χ1) is 10.2. The van der Waals surface area contributed by atoms with Crippen molar-refractivity contribution in [2.45, 2.75) is 32.9 Å². The Kier molecular flexibility index (Phi) is 5.59. The first kappa shape index (κ1) is 17.4. The third kappa shape index (κ3) is 5.34. The van der Waals surface area contributed by atoms with Crippen LogP contribution in [-0.2, 0) is 11.3 Å². The highest BCUT2D eigenvalue weighted by molar-refractivity contribution is 6.34. The van der Waals surface area contributed by atoms with Crippen LogP contribution >= 0.6 is 23.2 Å². The monoisotopic (exact) mass is 344 g/mol. The van der Waals surface area contributed by atoms with Gasteiger partial charge in [0.05, 0.1) is 0 Å². The number of hydrogen-bond acceptors (Lipinski definition) is 3. The molecule has 0 aromatic heterocycles. The Balaban J connectivity index is 1.86. The molecule has 4 nitrogen and oxygen atoms in total. The molecule has 6 heteroatoms. The van der Waals surface area contributed by atoms with Crippen molar-refractivity contribution < 1.29 is 9.53 Å². The minimum atomic E-state index is -0.453. The number of piperazine rings is 1. The summed E-state index contributed by atoms with van der Waals surface area (Å²) in [6, 6.07) is 5.58.